The highest BCUT2D eigenvalue weighted by atomic mass is 16.1. The zero-order chi connectivity index (χ0) is 19.7. The number of hydrogen-bond donors (Lipinski definition) is 2. The smallest absolute Gasteiger partial charge is 0.247 e. The largest absolute Gasteiger partial charge is 0.361 e. The molecule has 1 amide bonds. The number of hydrogen-bond acceptors (Lipinski definition) is 1. The molecule has 27 heavy (non-hydrogen) atoms. The van der Waals surface area contributed by atoms with Gasteiger partial charge in [0, 0.05) is 28.7 Å². The molecule has 0 aliphatic rings. The third-order valence-corrected chi connectivity index (χ3v) is 4.96. The molecule has 1 heterocycles. The van der Waals surface area contributed by atoms with Crippen LogP contribution in [-0.4, -0.2) is 16.9 Å². The number of carbonyl (C=O) groups is 1. The molecule has 3 aromatic rings. The van der Waals surface area contributed by atoms with E-state index in [2.05, 4.69) is 61.4 Å². The van der Waals surface area contributed by atoms with E-state index in [9.17, 15) is 4.79 Å². The molecule has 0 saturated carbocycles. The first kappa shape index (κ1) is 19.0. The van der Waals surface area contributed by atoms with Gasteiger partial charge in [-0.2, -0.15) is 0 Å². The number of benzene rings is 2. The van der Waals surface area contributed by atoms with Crippen LogP contribution in [-0.2, 0) is 4.79 Å². The first-order valence-electron chi connectivity index (χ1n) is 9.44. The minimum absolute atomic E-state index is 0.0143. The number of aromatic nitrogens is 1. The Bertz CT molecular complexity index is 1040. The lowest BCUT2D eigenvalue weighted by molar-refractivity contribution is -0.117. The maximum Gasteiger partial charge on any atom is 0.247 e. The molecule has 3 nitrogen and oxygen atoms in total. The molecule has 0 fully saturated rings. The van der Waals surface area contributed by atoms with Gasteiger partial charge in [-0.25, -0.2) is 0 Å². The highest BCUT2D eigenvalue weighted by Gasteiger charge is 2.10. The average Bonchev–Trinajstić information content (AvgIpc) is 2.97. The second kappa shape index (κ2) is 7.43. The van der Waals surface area contributed by atoms with E-state index in [4.69, 9.17) is 0 Å². The Kier molecular flexibility index (Phi) is 5.22. The van der Waals surface area contributed by atoms with Crippen LogP contribution < -0.4 is 5.32 Å². The number of amides is 1. The summed E-state index contributed by atoms with van der Waals surface area (Å²) in [5.41, 5.74) is 9.06. The minimum atomic E-state index is -0.0143. The van der Waals surface area contributed by atoms with Crippen molar-refractivity contribution in [1.82, 2.24) is 10.3 Å². The van der Waals surface area contributed by atoms with Gasteiger partial charge >= 0.3 is 0 Å². The Morgan fingerprint density at radius 3 is 2.48 bits per heavy atom. The lowest BCUT2D eigenvalue weighted by atomic mass is 9.93. The maximum absolute atomic E-state index is 12.2. The Hall–Kier alpha value is -2.81. The van der Waals surface area contributed by atoms with E-state index in [0.717, 1.165) is 22.2 Å². The molecule has 0 bridgehead atoms. The van der Waals surface area contributed by atoms with E-state index in [1.54, 1.807) is 0 Å². The summed E-state index contributed by atoms with van der Waals surface area (Å²) in [7, 11) is 0. The Labute approximate surface area is 161 Å². The van der Waals surface area contributed by atoms with Crippen LogP contribution in [0.5, 0.6) is 0 Å². The van der Waals surface area contributed by atoms with Crippen molar-refractivity contribution in [2.75, 3.05) is 0 Å². The standard InChI is InChI=1S/C24H28N2O/c1-14(2)26-24(27)17(5)10-20-9-16(4)21(11-15(20)3)19-7-8-23-22(12-19)18(6)13-25-23/h7-14,25H,1-6H3,(H,26,27)/b17-10+. The lowest BCUT2D eigenvalue weighted by Crippen LogP contribution is -2.30. The third-order valence-electron chi connectivity index (χ3n) is 4.96. The monoisotopic (exact) mass is 360 g/mol. The average molecular weight is 361 g/mol. The predicted octanol–water partition coefficient (Wildman–Crippen LogP) is 5.69. The molecule has 140 valence electrons. The summed E-state index contributed by atoms with van der Waals surface area (Å²) in [6.45, 7) is 12.2. The molecule has 0 unspecified atom stereocenters. The maximum atomic E-state index is 12.2. The molecule has 3 heteroatoms. The van der Waals surface area contributed by atoms with Crippen molar-refractivity contribution >= 4 is 22.9 Å². The van der Waals surface area contributed by atoms with Gasteiger partial charge in [-0.05, 0) is 93.1 Å². The van der Waals surface area contributed by atoms with Gasteiger partial charge in [-0.1, -0.05) is 18.2 Å². The quantitative estimate of drug-likeness (QED) is 0.577. The number of nitrogens with one attached hydrogen (secondary N) is 2. The topological polar surface area (TPSA) is 44.9 Å². The summed E-state index contributed by atoms with van der Waals surface area (Å²) in [5, 5.41) is 4.20. The molecule has 0 spiro atoms. The van der Waals surface area contributed by atoms with Crippen molar-refractivity contribution in [1.29, 1.82) is 0 Å². The molecule has 3 rings (SSSR count). The first-order chi connectivity index (χ1) is 12.8. The lowest BCUT2D eigenvalue weighted by Gasteiger charge is -2.13. The molecule has 2 aromatic carbocycles. The number of aryl methyl sites for hydroxylation is 3. The fourth-order valence-electron chi connectivity index (χ4n) is 3.41. The summed E-state index contributed by atoms with van der Waals surface area (Å²) < 4.78 is 0. The fraction of sp³-hybridized carbons (Fsp3) is 0.292. The van der Waals surface area contributed by atoms with Crippen molar-refractivity contribution in [3.63, 3.8) is 0 Å². The van der Waals surface area contributed by atoms with E-state index in [1.165, 1.54) is 27.6 Å². The molecular weight excluding hydrogens is 332 g/mol. The molecular formula is C24H28N2O. The summed E-state index contributed by atoms with van der Waals surface area (Å²) in [6, 6.07) is 11.1. The summed E-state index contributed by atoms with van der Waals surface area (Å²) in [5.74, 6) is -0.0143. The summed E-state index contributed by atoms with van der Waals surface area (Å²) in [6.07, 6.45) is 4.02. The van der Waals surface area contributed by atoms with Crippen LogP contribution in [0.3, 0.4) is 0 Å². The number of carbonyl (C=O) groups excluding carboxylic acids is 1. The Morgan fingerprint density at radius 1 is 1.04 bits per heavy atom. The van der Waals surface area contributed by atoms with Gasteiger partial charge in [-0.3, -0.25) is 4.79 Å². The number of aromatic amines is 1. The molecule has 0 radical (unpaired) electrons. The van der Waals surface area contributed by atoms with Crippen LogP contribution in [0.1, 0.15) is 43.0 Å². The Morgan fingerprint density at radius 2 is 1.78 bits per heavy atom. The molecule has 0 aliphatic carbocycles. The van der Waals surface area contributed by atoms with Crippen molar-refractivity contribution in [2.45, 2.75) is 47.6 Å². The van der Waals surface area contributed by atoms with Crippen LogP contribution in [0.15, 0.2) is 42.1 Å². The molecule has 1 aromatic heterocycles. The van der Waals surface area contributed by atoms with Gasteiger partial charge in [0.1, 0.15) is 0 Å². The van der Waals surface area contributed by atoms with Gasteiger partial charge in [0.15, 0.2) is 0 Å². The number of rotatable bonds is 4. The van der Waals surface area contributed by atoms with E-state index in [-0.39, 0.29) is 11.9 Å². The summed E-state index contributed by atoms with van der Waals surface area (Å²) in [4.78, 5) is 15.5. The van der Waals surface area contributed by atoms with Crippen molar-refractivity contribution < 1.29 is 4.79 Å². The Balaban J connectivity index is 1.99. The SMILES string of the molecule is C/C(=C\c1cc(C)c(-c2ccc3[nH]cc(C)c3c2)cc1C)C(=O)NC(C)C. The molecule has 0 saturated heterocycles. The van der Waals surface area contributed by atoms with Crippen LogP contribution in [0.25, 0.3) is 28.1 Å². The minimum Gasteiger partial charge on any atom is -0.361 e. The van der Waals surface area contributed by atoms with Gasteiger partial charge in [0.25, 0.3) is 0 Å². The highest BCUT2D eigenvalue weighted by molar-refractivity contribution is 5.97. The van der Waals surface area contributed by atoms with Crippen LogP contribution in [0.4, 0.5) is 0 Å². The second-order valence-electron chi connectivity index (χ2n) is 7.71. The van der Waals surface area contributed by atoms with Gasteiger partial charge in [0.05, 0.1) is 0 Å². The molecule has 0 atom stereocenters. The van der Waals surface area contributed by atoms with Crippen LogP contribution in [0, 0.1) is 20.8 Å². The predicted molar refractivity (Wildman–Crippen MR) is 115 cm³/mol. The number of fused-ring (bicyclic) bond motifs is 1. The van der Waals surface area contributed by atoms with E-state index >= 15 is 0 Å². The van der Waals surface area contributed by atoms with Gasteiger partial charge in [0.2, 0.25) is 5.91 Å². The molecule has 0 aliphatic heterocycles. The van der Waals surface area contributed by atoms with Crippen molar-refractivity contribution in [3.05, 3.63) is 64.4 Å². The second-order valence-corrected chi connectivity index (χ2v) is 7.71. The van der Waals surface area contributed by atoms with E-state index < -0.39 is 0 Å². The van der Waals surface area contributed by atoms with E-state index in [1.807, 2.05) is 33.0 Å². The van der Waals surface area contributed by atoms with Gasteiger partial charge in [-0.15, -0.1) is 0 Å². The molecule has 2 N–H and O–H groups in total. The van der Waals surface area contributed by atoms with Gasteiger partial charge < -0.3 is 10.3 Å². The van der Waals surface area contributed by atoms with Crippen molar-refractivity contribution in [2.24, 2.45) is 0 Å². The van der Waals surface area contributed by atoms with Crippen LogP contribution >= 0.6 is 0 Å². The normalized spacial score (nSPS) is 12.0. The highest BCUT2D eigenvalue weighted by Crippen LogP contribution is 2.31. The summed E-state index contributed by atoms with van der Waals surface area (Å²) >= 11 is 0. The fourth-order valence-corrected chi connectivity index (χ4v) is 3.41. The van der Waals surface area contributed by atoms with Crippen molar-refractivity contribution in [3.8, 4) is 11.1 Å². The van der Waals surface area contributed by atoms with Crippen LogP contribution in [0.2, 0.25) is 0 Å². The van der Waals surface area contributed by atoms with E-state index in [0.29, 0.717) is 0 Å². The first-order valence-corrected chi connectivity index (χ1v) is 9.44. The zero-order valence-corrected chi connectivity index (χ0v) is 17.0. The number of H-pyrrole nitrogens is 1. The third kappa shape index (κ3) is 3.97. The zero-order valence-electron chi connectivity index (χ0n) is 17.0.